The normalized spacial score (nSPS) is 20.1. The summed E-state index contributed by atoms with van der Waals surface area (Å²) in [7, 11) is 0. The number of fused-ring (bicyclic) bond motifs is 2. The van der Waals surface area contributed by atoms with E-state index in [-0.39, 0.29) is 11.3 Å². The van der Waals surface area contributed by atoms with E-state index < -0.39 is 0 Å². The van der Waals surface area contributed by atoms with E-state index in [4.69, 9.17) is 0 Å². The first-order valence-electron chi connectivity index (χ1n) is 10.7. The number of nitrogens with zero attached hydrogens (tertiary/aromatic N) is 2. The molecule has 1 saturated heterocycles. The zero-order valence-electron chi connectivity index (χ0n) is 16.9. The van der Waals surface area contributed by atoms with E-state index in [1.165, 1.54) is 24.0 Å². The fourth-order valence-corrected chi connectivity index (χ4v) is 5.18. The number of rotatable bonds is 6. The second-order valence-corrected chi connectivity index (χ2v) is 8.27. The molecule has 2 aromatic rings. The van der Waals surface area contributed by atoms with E-state index in [2.05, 4.69) is 41.5 Å². The molecular weight excluding hydrogens is 346 g/mol. The molecule has 1 aliphatic heterocycles. The molecule has 1 aromatic carbocycles. The predicted molar refractivity (Wildman–Crippen MR) is 112 cm³/mol. The molecule has 1 aliphatic carbocycles. The average molecular weight is 378 g/mol. The lowest BCUT2D eigenvalue weighted by atomic mass is 9.73. The molecule has 2 aliphatic rings. The number of aromatic nitrogens is 1. The van der Waals surface area contributed by atoms with Gasteiger partial charge in [0.25, 0.3) is 0 Å². The zero-order chi connectivity index (χ0) is 19.4. The second kappa shape index (κ2) is 8.44. The summed E-state index contributed by atoms with van der Waals surface area (Å²) in [6, 6.07) is 14.8. The lowest BCUT2D eigenvalue weighted by Crippen LogP contribution is -2.38. The summed E-state index contributed by atoms with van der Waals surface area (Å²) >= 11 is 0. The summed E-state index contributed by atoms with van der Waals surface area (Å²) < 4.78 is 0. The molecule has 1 aromatic heterocycles. The molecule has 1 fully saturated rings. The first-order chi connectivity index (χ1) is 13.7. The molecule has 1 unspecified atom stereocenters. The molecule has 4 heteroatoms. The Labute approximate surface area is 168 Å². The van der Waals surface area contributed by atoms with Gasteiger partial charge in [0, 0.05) is 37.8 Å². The highest BCUT2D eigenvalue weighted by molar-refractivity contribution is 5.77. The topological polar surface area (TPSA) is 45.2 Å². The third-order valence-corrected chi connectivity index (χ3v) is 6.69. The highest BCUT2D eigenvalue weighted by atomic mass is 16.2. The highest BCUT2D eigenvalue weighted by Crippen LogP contribution is 2.51. The standard InChI is InChI=1S/C24H31N3O/c1-2-27(16-10-20-7-5-6-13-26-20)23(28)17-19-18-24(11-14-25-15-12-24)22-9-4-3-8-21(19)22/h3-9,13,19,25H,2,10-12,14-18H2,1H3. The van der Waals surface area contributed by atoms with Gasteiger partial charge in [0.1, 0.15) is 0 Å². The Balaban J connectivity index is 1.45. The lowest BCUT2D eigenvalue weighted by Gasteiger charge is -2.35. The van der Waals surface area contributed by atoms with Crippen molar-refractivity contribution in [3.63, 3.8) is 0 Å². The predicted octanol–water partition coefficient (Wildman–Crippen LogP) is 3.67. The Morgan fingerprint density at radius 1 is 1.18 bits per heavy atom. The molecule has 1 atom stereocenters. The van der Waals surface area contributed by atoms with Crippen molar-refractivity contribution in [3.05, 3.63) is 65.5 Å². The van der Waals surface area contributed by atoms with Gasteiger partial charge in [0.2, 0.25) is 5.91 Å². The number of nitrogens with one attached hydrogen (secondary N) is 1. The summed E-state index contributed by atoms with van der Waals surface area (Å²) in [4.78, 5) is 19.5. The van der Waals surface area contributed by atoms with Crippen LogP contribution in [-0.2, 0) is 16.6 Å². The fourth-order valence-electron chi connectivity index (χ4n) is 5.18. The lowest BCUT2D eigenvalue weighted by molar-refractivity contribution is -0.131. The van der Waals surface area contributed by atoms with E-state index in [0.717, 1.165) is 44.7 Å². The molecule has 2 heterocycles. The Kier molecular flexibility index (Phi) is 5.77. The van der Waals surface area contributed by atoms with Gasteiger partial charge in [-0.3, -0.25) is 9.78 Å². The maximum Gasteiger partial charge on any atom is 0.223 e. The number of piperidine rings is 1. The van der Waals surface area contributed by atoms with Gasteiger partial charge in [-0.25, -0.2) is 0 Å². The molecule has 0 bridgehead atoms. The van der Waals surface area contributed by atoms with Gasteiger partial charge >= 0.3 is 0 Å². The summed E-state index contributed by atoms with van der Waals surface area (Å²) in [5.74, 6) is 0.634. The SMILES string of the molecule is CCN(CCc1ccccn1)C(=O)CC1CC2(CCNCC2)c2ccccc21. The van der Waals surface area contributed by atoms with Crippen molar-refractivity contribution in [3.8, 4) is 0 Å². The Morgan fingerprint density at radius 2 is 1.96 bits per heavy atom. The minimum atomic E-state index is 0.276. The number of carbonyl (C=O) groups is 1. The number of pyridine rings is 1. The van der Waals surface area contributed by atoms with Crippen molar-refractivity contribution in [2.75, 3.05) is 26.2 Å². The van der Waals surface area contributed by atoms with Gasteiger partial charge in [-0.15, -0.1) is 0 Å². The maximum atomic E-state index is 13.1. The molecule has 1 N–H and O–H groups in total. The minimum absolute atomic E-state index is 0.276. The largest absolute Gasteiger partial charge is 0.343 e. The van der Waals surface area contributed by atoms with E-state index in [9.17, 15) is 4.79 Å². The number of hydrogen-bond acceptors (Lipinski definition) is 3. The van der Waals surface area contributed by atoms with Gasteiger partial charge in [-0.1, -0.05) is 30.3 Å². The van der Waals surface area contributed by atoms with Gasteiger partial charge < -0.3 is 10.2 Å². The van der Waals surface area contributed by atoms with Crippen LogP contribution >= 0.6 is 0 Å². The van der Waals surface area contributed by atoms with Crippen molar-refractivity contribution in [1.29, 1.82) is 0 Å². The first kappa shape index (κ1) is 19.1. The van der Waals surface area contributed by atoms with Crippen LogP contribution in [0.3, 0.4) is 0 Å². The van der Waals surface area contributed by atoms with Crippen molar-refractivity contribution >= 4 is 5.91 Å². The van der Waals surface area contributed by atoms with Crippen molar-refractivity contribution in [1.82, 2.24) is 15.2 Å². The number of carbonyl (C=O) groups excluding carboxylic acids is 1. The maximum absolute atomic E-state index is 13.1. The van der Waals surface area contributed by atoms with Crippen LogP contribution in [0, 0.1) is 0 Å². The Bertz CT molecular complexity index is 799. The molecule has 148 valence electrons. The molecule has 0 saturated carbocycles. The van der Waals surface area contributed by atoms with Gasteiger partial charge in [0.15, 0.2) is 0 Å². The summed E-state index contributed by atoms with van der Waals surface area (Å²) in [5, 5.41) is 3.50. The fraction of sp³-hybridized carbons (Fsp3) is 0.500. The minimum Gasteiger partial charge on any atom is -0.343 e. The molecule has 1 amide bonds. The van der Waals surface area contributed by atoms with E-state index in [1.807, 2.05) is 29.3 Å². The molecule has 4 nitrogen and oxygen atoms in total. The van der Waals surface area contributed by atoms with Crippen LogP contribution in [0.2, 0.25) is 0 Å². The number of hydrogen-bond donors (Lipinski definition) is 1. The van der Waals surface area contributed by atoms with Crippen LogP contribution in [0.5, 0.6) is 0 Å². The molecule has 1 spiro atoms. The third-order valence-electron chi connectivity index (χ3n) is 6.69. The molecule has 28 heavy (non-hydrogen) atoms. The zero-order valence-corrected chi connectivity index (χ0v) is 16.9. The van der Waals surface area contributed by atoms with E-state index >= 15 is 0 Å². The van der Waals surface area contributed by atoms with Crippen LogP contribution in [0.4, 0.5) is 0 Å². The number of likely N-dealkylation sites (N-methyl/N-ethyl adjacent to an activating group) is 1. The van der Waals surface area contributed by atoms with Crippen LogP contribution in [0.15, 0.2) is 48.7 Å². The highest BCUT2D eigenvalue weighted by Gasteiger charge is 2.44. The first-order valence-corrected chi connectivity index (χ1v) is 10.7. The summed E-state index contributed by atoms with van der Waals surface area (Å²) in [5.41, 5.74) is 4.25. The third kappa shape index (κ3) is 3.83. The van der Waals surface area contributed by atoms with Crippen molar-refractivity contribution in [2.24, 2.45) is 0 Å². The number of amides is 1. The molecule has 4 rings (SSSR count). The monoisotopic (exact) mass is 377 g/mol. The van der Waals surface area contributed by atoms with Crippen molar-refractivity contribution < 1.29 is 4.79 Å². The second-order valence-electron chi connectivity index (χ2n) is 8.27. The van der Waals surface area contributed by atoms with Crippen molar-refractivity contribution in [2.45, 2.75) is 50.4 Å². The summed E-state index contributed by atoms with van der Waals surface area (Å²) in [6.45, 7) is 5.75. The number of benzene rings is 1. The smallest absolute Gasteiger partial charge is 0.223 e. The summed E-state index contributed by atoms with van der Waals surface area (Å²) in [6.07, 6.45) is 6.76. The van der Waals surface area contributed by atoms with Crippen LogP contribution in [0.1, 0.15) is 55.3 Å². The molecule has 0 radical (unpaired) electrons. The Morgan fingerprint density at radius 3 is 2.71 bits per heavy atom. The van der Waals surface area contributed by atoms with Crippen LogP contribution in [-0.4, -0.2) is 42.0 Å². The quantitative estimate of drug-likeness (QED) is 0.835. The van der Waals surface area contributed by atoms with Gasteiger partial charge in [-0.2, -0.15) is 0 Å². The van der Waals surface area contributed by atoms with Crippen LogP contribution in [0.25, 0.3) is 0 Å². The Hall–Kier alpha value is -2.20. The molecular formula is C24H31N3O. The van der Waals surface area contributed by atoms with E-state index in [1.54, 1.807) is 0 Å². The van der Waals surface area contributed by atoms with Gasteiger partial charge in [0.05, 0.1) is 0 Å². The van der Waals surface area contributed by atoms with E-state index in [0.29, 0.717) is 12.3 Å². The van der Waals surface area contributed by atoms with Crippen LogP contribution < -0.4 is 5.32 Å². The van der Waals surface area contributed by atoms with Gasteiger partial charge in [-0.05, 0) is 73.9 Å². The average Bonchev–Trinajstić information content (AvgIpc) is 3.03.